The van der Waals surface area contributed by atoms with Crippen molar-refractivity contribution in [3.05, 3.63) is 72.6 Å². The van der Waals surface area contributed by atoms with Crippen LogP contribution in [-0.4, -0.2) is 17.4 Å². The Morgan fingerprint density at radius 2 is 1.91 bits per heavy atom. The van der Waals surface area contributed by atoms with Crippen LogP contribution in [0.5, 0.6) is 0 Å². The highest BCUT2D eigenvalue weighted by Crippen LogP contribution is 2.25. The van der Waals surface area contributed by atoms with Gasteiger partial charge in [-0.1, -0.05) is 36.4 Å². The molecule has 0 saturated carbocycles. The summed E-state index contributed by atoms with van der Waals surface area (Å²) in [4.78, 5) is 16.9. The summed E-state index contributed by atoms with van der Waals surface area (Å²) in [5.74, 6) is -0.111. The highest BCUT2D eigenvalue weighted by molar-refractivity contribution is 6.00. The quantitative estimate of drug-likeness (QED) is 0.778. The minimum Gasteiger partial charge on any atom is -0.329 e. The Balaban J connectivity index is 1.89. The van der Waals surface area contributed by atoms with Crippen molar-refractivity contribution in [1.82, 2.24) is 4.98 Å². The average molecular weight is 305 g/mol. The zero-order valence-electron chi connectivity index (χ0n) is 13.0. The fourth-order valence-corrected chi connectivity index (χ4v) is 2.58. The number of anilines is 1. The normalized spacial score (nSPS) is 13.5. The third-order valence-corrected chi connectivity index (χ3v) is 4.22. The van der Waals surface area contributed by atoms with Gasteiger partial charge in [-0.15, -0.1) is 0 Å². The van der Waals surface area contributed by atoms with Gasteiger partial charge >= 0.3 is 0 Å². The first-order valence-electron chi connectivity index (χ1n) is 7.54. The molecule has 0 fully saturated rings. The van der Waals surface area contributed by atoms with Crippen LogP contribution in [0.4, 0.5) is 5.69 Å². The van der Waals surface area contributed by atoms with Gasteiger partial charge in [0.25, 0.3) is 0 Å². The zero-order valence-corrected chi connectivity index (χ0v) is 13.0. The van der Waals surface area contributed by atoms with E-state index in [1.807, 2.05) is 61.5 Å². The van der Waals surface area contributed by atoms with E-state index >= 15 is 0 Å². The second-order valence-electron chi connectivity index (χ2n) is 5.79. The number of nitrogens with one attached hydrogen (secondary N) is 1. The molecule has 116 valence electrons. The van der Waals surface area contributed by atoms with Gasteiger partial charge in [-0.25, -0.2) is 0 Å². The molecule has 4 heteroatoms. The number of carbonyl (C=O) groups excluding carboxylic acids is 1. The molecule has 23 heavy (non-hydrogen) atoms. The molecule has 0 bridgehead atoms. The van der Waals surface area contributed by atoms with Crippen LogP contribution in [-0.2, 0) is 10.2 Å². The van der Waals surface area contributed by atoms with E-state index in [0.29, 0.717) is 0 Å². The molecular weight excluding hydrogens is 286 g/mol. The summed E-state index contributed by atoms with van der Waals surface area (Å²) in [6.45, 7) is 2.10. The predicted molar refractivity (Wildman–Crippen MR) is 93.2 cm³/mol. The Bertz CT molecular complexity index is 832. The molecule has 1 aromatic heterocycles. The number of hydrogen-bond acceptors (Lipinski definition) is 3. The summed E-state index contributed by atoms with van der Waals surface area (Å²) < 4.78 is 0. The minimum absolute atomic E-state index is 0.111. The van der Waals surface area contributed by atoms with E-state index in [2.05, 4.69) is 10.3 Å². The van der Waals surface area contributed by atoms with E-state index in [1.54, 1.807) is 12.4 Å². The van der Waals surface area contributed by atoms with Crippen molar-refractivity contribution >= 4 is 22.4 Å². The summed E-state index contributed by atoms with van der Waals surface area (Å²) in [5.41, 5.74) is 6.81. The number of fused-ring (bicyclic) bond motifs is 1. The van der Waals surface area contributed by atoms with Gasteiger partial charge in [0.15, 0.2) is 0 Å². The van der Waals surface area contributed by atoms with Crippen molar-refractivity contribution < 1.29 is 4.79 Å². The van der Waals surface area contributed by atoms with Crippen LogP contribution in [0.25, 0.3) is 10.8 Å². The maximum Gasteiger partial charge on any atom is 0.236 e. The number of nitrogens with two attached hydrogens (primary N) is 1. The van der Waals surface area contributed by atoms with Gasteiger partial charge in [0.2, 0.25) is 5.91 Å². The Kier molecular flexibility index (Phi) is 4.08. The Hall–Kier alpha value is -2.72. The van der Waals surface area contributed by atoms with Crippen LogP contribution >= 0.6 is 0 Å². The lowest BCUT2D eigenvalue weighted by atomic mass is 9.81. The molecule has 1 amide bonds. The third kappa shape index (κ3) is 2.94. The van der Waals surface area contributed by atoms with Gasteiger partial charge in [-0.3, -0.25) is 9.78 Å². The SMILES string of the molecule is CC(CN)(C(=O)Nc1ccc2cnccc2c1)c1ccccc1. The fourth-order valence-electron chi connectivity index (χ4n) is 2.58. The van der Waals surface area contributed by atoms with Crippen LogP contribution in [0, 0.1) is 0 Å². The smallest absolute Gasteiger partial charge is 0.236 e. The molecule has 2 aromatic carbocycles. The van der Waals surface area contributed by atoms with Gasteiger partial charge in [0, 0.05) is 30.0 Å². The Morgan fingerprint density at radius 3 is 2.65 bits per heavy atom. The molecular formula is C19H19N3O. The van der Waals surface area contributed by atoms with Crippen LogP contribution in [0.1, 0.15) is 12.5 Å². The number of benzene rings is 2. The minimum atomic E-state index is -0.769. The standard InChI is InChI=1S/C19H19N3O/c1-19(13-20,16-5-3-2-4-6-16)18(23)22-17-8-7-15-12-21-10-9-14(15)11-17/h2-12H,13,20H2,1H3,(H,22,23). The number of aromatic nitrogens is 1. The zero-order chi connectivity index (χ0) is 16.3. The molecule has 0 aliphatic carbocycles. The van der Waals surface area contributed by atoms with E-state index < -0.39 is 5.41 Å². The first-order valence-corrected chi connectivity index (χ1v) is 7.54. The lowest BCUT2D eigenvalue weighted by Crippen LogP contribution is -2.43. The Morgan fingerprint density at radius 1 is 1.13 bits per heavy atom. The summed E-state index contributed by atoms with van der Waals surface area (Å²) in [7, 11) is 0. The van der Waals surface area contributed by atoms with Gasteiger partial charge in [-0.05, 0) is 36.1 Å². The van der Waals surface area contributed by atoms with Gasteiger partial charge in [0.05, 0.1) is 5.41 Å². The summed E-state index contributed by atoms with van der Waals surface area (Å²) in [5, 5.41) is 5.06. The first kappa shape index (κ1) is 15.2. The van der Waals surface area contributed by atoms with E-state index in [4.69, 9.17) is 5.73 Å². The molecule has 0 radical (unpaired) electrons. The highest BCUT2D eigenvalue weighted by Gasteiger charge is 2.33. The summed E-state index contributed by atoms with van der Waals surface area (Å²) in [6, 6.07) is 17.3. The average Bonchev–Trinajstić information content (AvgIpc) is 2.61. The molecule has 3 rings (SSSR count). The maximum absolute atomic E-state index is 12.8. The number of rotatable bonds is 4. The summed E-state index contributed by atoms with van der Waals surface area (Å²) in [6.07, 6.45) is 3.54. The lowest BCUT2D eigenvalue weighted by molar-refractivity contribution is -0.120. The molecule has 4 nitrogen and oxygen atoms in total. The number of nitrogens with zero attached hydrogens (tertiary/aromatic N) is 1. The molecule has 0 spiro atoms. The van der Waals surface area contributed by atoms with Crippen LogP contribution in [0.3, 0.4) is 0 Å². The molecule has 0 saturated heterocycles. The number of carbonyl (C=O) groups is 1. The van der Waals surface area contributed by atoms with Crippen molar-refractivity contribution in [2.45, 2.75) is 12.3 Å². The van der Waals surface area contributed by atoms with E-state index in [0.717, 1.165) is 22.0 Å². The number of hydrogen-bond donors (Lipinski definition) is 2. The van der Waals surface area contributed by atoms with E-state index in [1.165, 1.54) is 0 Å². The number of amides is 1. The monoisotopic (exact) mass is 305 g/mol. The molecule has 3 N–H and O–H groups in total. The van der Waals surface area contributed by atoms with Crippen molar-refractivity contribution in [2.24, 2.45) is 5.73 Å². The van der Waals surface area contributed by atoms with Crippen molar-refractivity contribution in [1.29, 1.82) is 0 Å². The molecule has 0 aliphatic heterocycles. The molecule has 1 atom stereocenters. The molecule has 1 heterocycles. The molecule has 1 unspecified atom stereocenters. The van der Waals surface area contributed by atoms with E-state index in [-0.39, 0.29) is 12.5 Å². The van der Waals surface area contributed by atoms with Crippen LogP contribution < -0.4 is 11.1 Å². The van der Waals surface area contributed by atoms with Crippen molar-refractivity contribution in [2.75, 3.05) is 11.9 Å². The van der Waals surface area contributed by atoms with Crippen LogP contribution in [0.15, 0.2) is 67.0 Å². The van der Waals surface area contributed by atoms with Gasteiger partial charge in [-0.2, -0.15) is 0 Å². The van der Waals surface area contributed by atoms with Crippen LogP contribution in [0.2, 0.25) is 0 Å². The van der Waals surface area contributed by atoms with Crippen molar-refractivity contribution in [3.8, 4) is 0 Å². The fraction of sp³-hybridized carbons (Fsp3) is 0.158. The van der Waals surface area contributed by atoms with Gasteiger partial charge in [0.1, 0.15) is 0 Å². The topological polar surface area (TPSA) is 68.0 Å². The first-order chi connectivity index (χ1) is 11.1. The molecule has 0 aliphatic rings. The van der Waals surface area contributed by atoms with Crippen molar-refractivity contribution in [3.63, 3.8) is 0 Å². The predicted octanol–water partition coefficient (Wildman–Crippen LogP) is 3.09. The lowest BCUT2D eigenvalue weighted by Gasteiger charge is -2.27. The maximum atomic E-state index is 12.8. The second-order valence-corrected chi connectivity index (χ2v) is 5.79. The molecule has 3 aromatic rings. The third-order valence-electron chi connectivity index (χ3n) is 4.22. The van der Waals surface area contributed by atoms with Gasteiger partial charge < -0.3 is 11.1 Å². The Labute approximate surface area is 135 Å². The number of pyridine rings is 1. The summed E-state index contributed by atoms with van der Waals surface area (Å²) >= 11 is 0. The highest BCUT2D eigenvalue weighted by atomic mass is 16.2. The van der Waals surface area contributed by atoms with E-state index in [9.17, 15) is 4.79 Å². The largest absolute Gasteiger partial charge is 0.329 e. The second kappa shape index (κ2) is 6.18.